The van der Waals surface area contributed by atoms with E-state index in [-0.39, 0.29) is 18.1 Å². The van der Waals surface area contributed by atoms with E-state index in [1.54, 1.807) is 46.7 Å². The van der Waals surface area contributed by atoms with Gasteiger partial charge in [0.2, 0.25) is 0 Å². The van der Waals surface area contributed by atoms with Crippen molar-refractivity contribution in [2.75, 3.05) is 13.1 Å². The summed E-state index contributed by atoms with van der Waals surface area (Å²) in [5.74, 6) is -0.126. The second kappa shape index (κ2) is 7.88. The Labute approximate surface area is 175 Å². The smallest absolute Gasteiger partial charge is 0.372 e. The summed E-state index contributed by atoms with van der Waals surface area (Å²) in [6, 6.07) is 11.0. The van der Waals surface area contributed by atoms with Crippen molar-refractivity contribution in [3.05, 3.63) is 59.1 Å². The van der Waals surface area contributed by atoms with Crippen LogP contribution in [0.3, 0.4) is 0 Å². The van der Waals surface area contributed by atoms with Crippen molar-refractivity contribution in [1.82, 2.24) is 14.7 Å². The lowest BCUT2D eigenvalue weighted by Gasteiger charge is -2.35. The van der Waals surface area contributed by atoms with Crippen LogP contribution in [0.4, 0.5) is 13.2 Å². The topological polar surface area (TPSA) is 47.4 Å². The van der Waals surface area contributed by atoms with E-state index in [0.29, 0.717) is 34.9 Å². The maximum Gasteiger partial charge on any atom is 0.435 e. The fourth-order valence-corrected chi connectivity index (χ4v) is 4.31. The number of benzene rings is 1. The van der Waals surface area contributed by atoms with Gasteiger partial charge in [-0.15, -0.1) is 11.3 Å². The van der Waals surface area contributed by atoms with E-state index in [9.17, 15) is 18.0 Å². The number of amides is 1. The molecule has 0 aliphatic carbocycles. The molecule has 30 heavy (non-hydrogen) atoms. The Bertz CT molecular complexity index is 1020. The summed E-state index contributed by atoms with van der Waals surface area (Å²) in [5, 5.41) is 5.58. The van der Waals surface area contributed by atoms with Gasteiger partial charge >= 0.3 is 6.18 Å². The summed E-state index contributed by atoms with van der Waals surface area (Å²) < 4.78 is 46.7. The van der Waals surface area contributed by atoms with Crippen molar-refractivity contribution in [1.29, 1.82) is 0 Å². The van der Waals surface area contributed by atoms with Crippen LogP contribution < -0.4 is 0 Å². The molecule has 0 N–H and O–H groups in total. The number of carbonyl (C=O) groups is 1. The highest BCUT2D eigenvalue weighted by atomic mass is 32.1. The molecule has 1 aliphatic heterocycles. The number of hydrogen-bond donors (Lipinski definition) is 0. The number of halogens is 3. The molecule has 1 amide bonds. The fourth-order valence-electron chi connectivity index (χ4n) is 3.59. The van der Waals surface area contributed by atoms with Crippen LogP contribution >= 0.6 is 11.3 Å². The Balaban J connectivity index is 1.64. The van der Waals surface area contributed by atoms with Crippen molar-refractivity contribution in [3.63, 3.8) is 0 Å². The fraction of sp³-hybridized carbons (Fsp3) is 0.333. The molecule has 0 spiro atoms. The number of thiophene rings is 1. The largest absolute Gasteiger partial charge is 0.435 e. The first-order chi connectivity index (χ1) is 14.2. The average molecular weight is 435 g/mol. The standard InChI is InChI=1S/C21H20F3N3O2S/c1-13-11-26(12-14(2)29-13)20(28)15-5-7-16(8-6-15)27-17(18-4-3-9-30-18)10-19(25-27)21(22,23)24/h3-10,13-14H,11-12H2,1-2H3. The number of rotatable bonds is 3. The Kier molecular flexibility index (Phi) is 5.42. The van der Waals surface area contributed by atoms with E-state index in [4.69, 9.17) is 4.74 Å². The summed E-state index contributed by atoms with van der Waals surface area (Å²) in [5.41, 5.74) is 0.324. The Morgan fingerprint density at radius 3 is 2.37 bits per heavy atom. The molecule has 0 saturated carbocycles. The third-order valence-corrected chi connectivity index (χ3v) is 5.73. The van der Waals surface area contributed by atoms with Gasteiger partial charge in [-0.1, -0.05) is 6.07 Å². The number of nitrogens with zero attached hydrogens (tertiary/aromatic N) is 3. The van der Waals surface area contributed by atoms with Crippen LogP contribution in [-0.4, -0.2) is 45.9 Å². The van der Waals surface area contributed by atoms with Crippen LogP contribution in [0.25, 0.3) is 16.3 Å². The highest BCUT2D eigenvalue weighted by Gasteiger charge is 2.35. The Hall–Kier alpha value is -2.65. The van der Waals surface area contributed by atoms with E-state index >= 15 is 0 Å². The molecular formula is C21H20F3N3O2S. The molecule has 1 saturated heterocycles. The lowest BCUT2D eigenvalue weighted by molar-refractivity contribution is -0.141. The second-order valence-electron chi connectivity index (χ2n) is 7.32. The van der Waals surface area contributed by atoms with Crippen LogP contribution in [0.1, 0.15) is 29.9 Å². The van der Waals surface area contributed by atoms with Gasteiger partial charge in [-0.3, -0.25) is 4.79 Å². The summed E-state index contributed by atoms with van der Waals surface area (Å²) in [4.78, 5) is 15.2. The van der Waals surface area contributed by atoms with Gasteiger partial charge in [0.25, 0.3) is 5.91 Å². The van der Waals surface area contributed by atoms with Crippen LogP contribution in [0.2, 0.25) is 0 Å². The zero-order chi connectivity index (χ0) is 21.5. The van der Waals surface area contributed by atoms with Gasteiger partial charge < -0.3 is 9.64 Å². The van der Waals surface area contributed by atoms with Crippen molar-refractivity contribution < 1.29 is 22.7 Å². The van der Waals surface area contributed by atoms with Gasteiger partial charge in [-0.2, -0.15) is 18.3 Å². The zero-order valence-corrected chi connectivity index (χ0v) is 17.2. The van der Waals surface area contributed by atoms with E-state index in [1.165, 1.54) is 16.0 Å². The maximum atomic E-state index is 13.2. The number of morpholine rings is 1. The molecule has 1 fully saturated rings. The first-order valence-corrected chi connectivity index (χ1v) is 10.4. The molecule has 1 aliphatic rings. The molecule has 158 valence electrons. The molecule has 2 unspecified atom stereocenters. The first kappa shape index (κ1) is 20.6. The monoisotopic (exact) mass is 435 g/mol. The average Bonchev–Trinajstić information content (AvgIpc) is 3.36. The lowest BCUT2D eigenvalue weighted by atomic mass is 10.1. The number of carbonyl (C=O) groups excluding carboxylic acids is 1. The van der Waals surface area contributed by atoms with Crippen molar-refractivity contribution in [3.8, 4) is 16.3 Å². The van der Waals surface area contributed by atoms with Crippen LogP contribution in [0.5, 0.6) is 0 Å². The normalized spacial score (nSPS) is 19.8. The highest BCUT2D eigenvalue weighted by molar-refractivity contribution is 7.13. The predicted octanol–water partition coefficient (Wildman–Crippen LogP) is 4.87. The van der Waals surface area contributed by atoms with E-state index in [2.05, 4.69) is 5.10 Å². The molecule has 1 aromatic carbocycles. The van der Waals surface area contributed by atoms with Gasteiger partial charge in [-0.05, 0) is 55.6 Å². The van der Waals surface area contributed by atoms with E-state index < -0.39 is 11.9 Å². The molecule has 5 nitrogen and oxygen atoms in total. The zero-order valence-electron chi connectivity index (χ0n) is 16.4. The summed E-state index contributed by atoms with van der Waals surface area (Å²) >= 11 is 1.34. The molecule has 4 rings (SSSR count). The van der Waals surface area contributed by atoms with Gasteiger partial charge in [0.15, 0.2) is 5.69 Å². The van der Waals surface area contributed by atoms with E-state index in [1.807, 2.05) is 13.8 Å². The van der Waals surface area contributed by atoms with Gasteiger partial charge in [0, 0.05) is 18.7 Å². The summed E-state index contributed by atoms with van der Waals surface area (Å²) in [6.07, 6.45) is -4.64. The van der Waals surface area contributed by atoms with E-state index in [0.717, 1.165) is 6.07 Å². The third kappa shape index (κ3) is 4.13. The van der Waals surface area contributed by atoms with Crippen LogP contribution in [0.15, 0.2) is 47.8 Å². The number of aromatic nitrogens is 2. The molecule has 3 aromatic rings. The Morgan fingerprint density at radius 1 is 1.13 bits per heavy atom. The molecule has 2 aromatic heterocycles. The summed E-state index contributed by atoms with van der Waals surface area (Å²) in [7, 11) is 0. The second-order valence-corrected chi connectivity index (χ2v) is 8.26. The van der Waals surface area contributed by atoms with Crippen LogP contribution in [0, 0.1) is 0 Å². The minimum absolute atomic E-state index is 0.0461. The predicted molar refractivity (Wildman–Crippen MR) is 108 cm³/mol. The minimum atomic E-state index is -4.54. The van der Waals surface area contributed by atoms with Crippen molar-refractivity contribution in [2.45, 2.75) is 32.2 Å². The van der Waals surface area contributed by atoms with Gasteiger partial charge in [0.05, 0.1) is 28.5 Å². The summed E-state index contributed by atoms with van der Waals surface area (Å²) in [6.45, 7) is 4.84. The Morgan fingerprint density at radius 2 is 1.80 bits per heavy atom. The lowest BCUT2D eigenvalue weighted by Crippen LogP contribution is -2.48. The molecular weight excluding hydrogens is 415 g/mol. The highest BCUT2D eigenvalue weighted by Crippen LogP contribution is 2.34. The SMILES string of the molecule is CC1CN(C(=O)c2ccc(-n3nc(C(F)(F)F)cc3-c3cccs3)cc2)CC(C)O1. The molecule has 0 radical (unpaired) electrons. The number of alkyl halides is 3. The molecule has 2 atom stereocenters. The number of ether oxygens (including phenoxy) is 1. The molecule has 0 bridgehead atoms. The molecule has 3 heterocycles. The van der Waals surface area contributed by atoms with Crippen molar-refractivity contribution in [2.24, 2.45) is 0 Å². The quantitative estimate of drug-likeness (QED) is 0.590. The van der Waals surface area contributed by atoms with Gasteiger partial charge in [-0.25, -0.2) is 4.68 Å². The van der Waals surface area contributed by atoms with Gasteiger partial charge in [0.1, 0.15) is 0 Å². The maximum absolute atomic E-state index is 13.2. The molecule has 9 heteroatoms. The number of hydrogen-bond acceptors (Lipinski definition) is 4. The first-order valence-electron chi connectivity index (χ1n) is 9.48. The van der Waals surface area contributed by atoms with Crippen LogP contribution in [-0.2, 0) is 10.9 Å². The third-order valence-electron chi connectivity index (χ3n) is 4.84. The van der Waals surface area contributed by atoms with Crippen molar-refractivity contribution >= 4 is 17.2 Å². The minimum Gasteiger partial charge on any atom is -0.372 e.